The topological polar surface area (TPSA) is 44.4 Å². The van der Waals surface area contributed by atoms with E-state index in [-0.39, 0.29) is 18.3 Å². The number of hydrogen-bond donors (Lipinski definition) is 2. The number of hydrogen-bond acceptors (Lipinski definition) is 3. The van der Waals surface area contributed by atoms with Crippen LogP contribution in [-0.2, 0) is 11.2 Å². The van der Waals surface area contributed by atoms with Crippen LogP contribution in [-0.4, -0.2) is 50.1 Å². The van der Waals surface area contributed by atoms with E-state index in [4.69, 9.17) is 0 Å². The van der Waals surface area contributed by atoms with Crippen LogP contribution in [0, 0.1) is 20.8 Å². The van der Waals surface area contributed by atoms with Crippen molar-refractivity contribution in [3.63, 3.8) is 0 Å². The molecule has 0 spiro atoms. The summed E-state index contributed by atoms with van der Waals surface area (Å²) >= 11 is 0. The van der Waals surface area contributed by atoms with Crippen LogP contribution in [0.5, 0.6) is 0 Å². The van der Waals surface area contributed by atoms with E-state index < -0.39 is 0 Å². The van der Waals surface area contributed by atoms with E-state index in [9.17, 15) is 4.79 Å². The Morgan fingerprint density at radius 2 is 1.92 bits per heavy atom. The van der Waals surface area contributed by atoms with Gasteiger partial charge in [0.15, 0.2) is 0 Å². The molecule has 136 valence electrons. The monoisotopic (exact) mass is 353 g/mol. The lowest BCUT2D eigenvalue weighted by Crippen LogP contribution is -2.48. The van der Waals surface area contributed by atoms with Crippen LogP contribution in [0.25, 0.3) is 0 Å². The largest absolute Gasteiger partial charge is 0.355 e. The van der Waals surface area contributed by atoms with E-state index in [1.165, 1.54) is 35.1 Å². The van der Waals surface area contributed by atoms with Crippen LogP contribution in [0.2, 0.25) is 0 Å². The van der Waals surface area contributed by atoms with Crippen molar-refractivity contribution in [2.24, 2.45) is 0 Å². The Hall–Kier alpha value is -1.10. The van der Waals surface area contributed by atoms with Crippen molar-refractivity contribution >= 4 is 18.3 Å². The summed E-state index contributed by atoms with van der Waals surface area (Å²) in [5, 5.41) is 6.39. The lowest BCUT2D eigenvalue weighted by Gasteiger charge is -2.31. The van der Waals surface area contributed by atoms with Gasteiger partial charge in [0.2, 0.25) is 5.91 Å². The number of amides is 1. The van der Waals surface area contributed by atoms with E-state index >= 15 is 0 Å². The number of carbonyl (C=O) groups excluding carboxylic acids is 1. The van der Waals surface area contributed by atoms with Crippen molar-refractivity contribution in [3.8, 4) is 0 Å². The number of carbonyl (C=O) groups is 1. The zero-order chi connectivity index (χ0) is 16.8. The Kier molecular flexibility index (Phi) is 8.74. The van der Waals surface area contributed by atoms with Crippen molar-refractivity contribution in [1.82, 2.24) is 15.5 Å². The van der Waals surface area contributed by atoms with Gasteiger partial charge >= 0.3 is 0 Å². The van der Waals surface area contributed by atoms with Gasteiger partial charge in [0.05, 0.1) is 6.54 Å². The van der Waals surface area contributed by atoms with Crippen LogP contribution in [0.15, 0.2) is 12.1 Å². The maximum Gasteiger partial charge on any atom is 0.234 e. The molecule has 0 aromatic heterocycles. The van der Waals surface area contributed by atoms with Crippen LogP contribution < -0.4 is 10.6 Å². The molecule has 4 nitrogen and oxygen atoms in total. The van der Waals surface area contributed by atoms with Crippen LogP contribution in [0.3, 0.4) is 0 Å². The first-order valence-corrected chi connectivity index (χ1v) is 8.72. The fourth-order valence-electron chi connectivity index (χ4n) is 3.62. The van der Waals surface area contributed by atoms with E-state index in [1.54, 1.807) is 0 Å². The fourth-order valence-corrected chi connectivity index (χ4v) is 3.62. The van der Waals surface area contributed by atoms with Gasteiger partial charge in [-0.25, -0.2) is 0 Å². The molecule has 0 saturated carbocycles. The molecule has 1 saturated heterocycles. The van der Waals surface area contributed by atoms with Gasteiger partial charge in [0, 0.05) is 19.1 Å². The molecule has 1 heterocycles. The predicted molar refractivity (Wildman–Crippen MR) is 103 cm³/mol. The first-order valence-electron chi connectivity index (χ1n) is 8.72. The molecule has 2 N–H and O–H groups in total. The highest BCUT2D eigenvalue weighted by atomic mass is 35.5. The minimum absolute atomic E-state index is 0. The molecule has 5 heteroatoms. The zero-order valence-corrected chi connectivity index (χ0v) is 16.3. The molecule has 1 aliphatic heterocycles. The summed E-state index contributed by atoms with van der Waals surface area (Å²) in [5.41, 5.74) is 5.32. The molecule has 0 radical (unpaired) electrons. The van der Waals surface area contributed by atoms with Gasteiger partial charge in [-0.15, -0.1) is 12.4 Å². The summed E-state index contributed by atoms with van der Waals surface area (Å²) in [7, 11) is 2.00. The molecule has 1 unspecified atom stereocenters. The number of aryl methyl sites for hydroxylation is 3. The molecule has 1 fully saturated rings. The summed E-state index contributed by atoms with van der Waals surface area (Å²) < 4.78 is 0. The SMILES string of the molecule is CNC1CCCN(CC(=O)NCCc2c(C)cc(C)cc2C)C1.Cl. The Morgan fingerprint density at radius 1 is 1.25 bits per heavy atom. The van der Waals surface area contributed by atoms with E-state index in [2.05, 4.69) is 48.4 Å². The number of benzene rings is 1. The van der Waals surface area contributed by atoms with Crippen molar-refractivity contribution in [1.29, 1.82) is 0 Å². The fraction of sp³-hybridized carbons (Fsp3) is 0.632. The van der Waals surface area contributed by atoms with E-state index in [0.29, 0.717) is 19.1 Å². The molecule has 0 aliphatic carbocycles. The maximum atomic E-state index is 12.1. The van der Waals surface area contributed by atoms with Gasteiger partial charge in [-0.2, -0.15) is 0 Å². The van der Waals surface area contributed by atoms with Crippen molar-refractivity contribution in [2.75, 3.05) is 33.2 Å². The molecule has 2 rings (SSSR count). The van der Waals surface area contributed by atoms with Gasteiger partial charge in [0.1, 0.15) is 0 Å². The van der Waals surface area contributed by atoms with E-state index in [0.717, 1.165) is 19.5 Å². The Bertz CT molecular complexity index is 524. The Morgan fingerprint density at radius 3 is 2.54 bits per heavy atom. The lowest BCUT2D eigenvalue weighted by atomic mass is 9.97. The normalized spacial score (nSPS) is 18.1. The average molecular weight is 354 g/mol. The molecule has 1 aromatic rings. The Balaban J connectivity index is 0.00000288. The third-order valence-corrected chi connectivity index (χ3v) is 4.82. The standard InChI is InChI=1S/C19H31N3O.ClH/c1-14-10-15(2)18(16(3)11-14)7-8-21-19(23)13-22-9-5-6-17(12-22)20-4;/h10-11,17,20H,5-9,12-13H2,1-4H3,(H,21,23);1H. The Labute approximate surface area is 152 Å². The highest BCUT2D eigenvalue weighted by molar-refractivity contribution is 5.85. The molecular formula is C19H32ClN3O. The third kappa shape index (κ3) is 6.08. The van der Waals surface area contributed by atoms with Gasteiger partial charge < -0.3 is 10.6 Å². The minimum Gasteiger partial charge on any atom is -0.355 e. The van der Waals surface area contributed by atoms with Gasteiger partial charge in [-0.3, -0.25) is 9.69 Å². The summed E-state index contributed by atoms with van der Waals surface area (Å²) in [5.74, 6) is 0.143. The molecule has 0 bridgehead atoms. The lowest BCUT2D eigenvalue weighted by molar-refractivity contribution is -0.122. The number of nitrogens with zero attached hydrogens (tertiary/aromatic N) is 1. The number of piperidine rings is 1. The van der Waals surface area contributed by atoms with Crippen LogP contribution >= 0.6 is 12.4 Å². The number of likely N-dealkylation sites (tertiary alicyclic amines) is 1. The highest BCUT2D eigenvalue weighted by Gasteiger charge is 2.20. The molecule has 1 atom stereocenters. The average Bonchev–Trinajstić information content (AvgIpc) is 2.50. The second-order valence-corrected chi connectivity index (χ2v) is 6.84. The van der Waals surface area contributed by atoms with E-state index in [1.807, 2.05) is 7.05 Å². The predicted octanol–water partition coefficient (Wildman–Crippen LogP) is 2.38. The zero-order valence-electron chi connectivity index (χ0n) is 15.4. The summed E-state index contributed by atoms with van der Waals surface area (Å²) in [4.78, 5) is 14.4. The molecule has 1 aromatic carbocycles. The van der Waals surface area contributed by atoms with Crippen LogP contribution in [0.1, 0.15) is 35.1 Å². The maximum absolute atomic E-state index is 12.1. The number of likely N-dealkylation sites (N-methyl/N-ethyl adjacent to an activating group) is 1. The second kappa shape index (κ2) is 10.0. The summed E-state index contributed by atoms with van der Waals surface area (Å²) in [6.45, 7) is 9.67. The molecular weight excluding hydrogens is 322 g/mol. The number of rotatable bonds is 6. The van der Waals surface area contributed by atoms with Gasteiger partial charge in [-0.1, -0.05) is 17.7 Å². The minimum atomic E-state index is 0. The molecule has 1 aliphatic rings. The first-order chi connectivity index (χ1) is 11.0. The summed E-state index contributed by atoms with van der Waals surface area (Å²) in [6.07, 6.45) is 3.28. The van der Waals surface area contributed by atoms with Crippen molar-refractivity contribution in [2.45, 2.75) is 46.1 Å². The smallest absolute Gasteiger partial charge is 0.234 e. The third-order valence-electron chi connectivity index (χ3n) is 4.82. The van der Waals surface area contributed by atoms with Crippen molar-refractivity contribution < 1.29 is 4.79 Å². The number of nitrogens with one attached hydrogen (secondary N) is 2. The highest BCUT2D eigenvalue weighted by Crippen LogP contribution is 2.16. The van der Waals surface area contributed by atoms with Crippen LogP contribution in [0.4, 0.5) is 0 Å². The molecule has 1 amide bonds. The first kappa shape index (κ1) is 20.9. The van der Waals surface area contributed by atoms with Gasteiger partial charge in [0.25, 0.3) is 0 Å². The van der Waals surface area contributed by atoms with Crippen molar-refractivity contribution in [3.05, 3.63) is 34.4 Å². The quantitative estimate of drug-likeness (QED) is 0.825. The summed E-state index contributed by atoms with van der Waals surface area (Å²) in [6, 6.07) is 4.96. The number of halogens is 1. The molecule has 24 heavy (non-hydrogen) atoms. The second-order valence-electron chi connectivity index (χ2n) is 6.84. The van der Waals surface area contributed by atoms with Gasteiger partial charge in [-0.05, 0) is 70.3 Å².